The number of thioether (sulfide) groups is 1. The Balaban J connectivity index is 1.46. The Hall–Kier alpha value is -2.05. The van der Waals surface area contributed by atoms with E-state index >= 15 is 0 Å². The van der Waals surface area contributed by atoms with Crippen LogP contribution in [-0.2, 0) is 4.74 Å². The Morgan fingerprint density at radius 1 is 1.15 bits per heavy atom. The summed E-state index contributed by atoms with van der Waals surface area (Å²) >= 11 is 1.52. The summed E-state index contributed by atoms with van der Waals surface area (Å²) in [5.41, 5.74) is 2.60. The first-order chi connectivity index (χ1) is 12.7. The summed E-state index contributed by atoms with van der Waals surface area (Å²) in [7, 11) is 0. The third-order valence-corrected chi connectivity index (χ3v) is 6.00. The lowest BCUT2D eigenvalue weighted by molar-refractivity contribution is 0.0934. The van der Waals surface area contributed by atoms with Crippen molar-refractivity contribution in [3.63, 3.8) is 0 Å². The van der Waals surface area contributed by atoms with Gasteiger partial charge in [0.05, 0.1) is 19.3 Å². The molecule has 1 amide bonds. The first kappa shape index (κ1) is 17.4. The fraction of sp³-hybridized carbons (Fsp3) is 0.350. The first-order valence-electron chi connectivity index (χ1n) is 8.87. The molecule has 0 spiro atoms. The van der Waals surface area contributed by atoms with Crippen molar-refractivity contribution < 1.29 is 13.9 Å². The lowest BCUT2D eigenvalue weighted by atomic mass is 10.0. The molecular formula is C20H21FN2O2S. The van der Waals surface area contributed by atoms with Crippen molar-refractivity contribution in [2.45, 2.75) is 17.4 Å². The number of fused-ring (bicyclic) bond motifs is 1. The molecule has 4 nitrogen and oxygen atoms in total. The highest BCUT2D eigenvalue weighted by Gasteiger charge is 2.25. The summed E-state index contributed by atoms with van der Waals surface area (Å²) < 4.78 is 19.3. The smallest absolute Gasteiger partial charge is 0.251 e. The van der Waals surface area contributed by atoms with Crippen LogP contribution in [0.25, 0.3) is 0 Å². The number of nitrogens with one attached hydrogen (secondary N) is 1. The van der Waals surface area contributed by atoms with E-state index in [0.29, 0.717) is 10.5 Å². The van der Waals surface area contributed by atoms with Gasteiger partial charge in [0.25, 0.3) is 5.91 Å². The van der Waals surface area contributed by atoms with Gasteiger partial charge in [-0.2, -0.15) is 0 Å². The second-order valence-corrected chi connectivity index (χ2v) is 7.57. The summed E-state index contributed by atoms with van der Waals surface area (Å²) in [6.07, 6.45) is 0.804. The molecule has 6 heteroatoms. The van der Waals surface area contributed by atoms with Crippen LogP contribution in [-0.4, -0.2) is 38.0 Å². The third kappa shape index (κ3) is 3.57. The number of carbonyl (C=O) groups excluding carboxylic acids is 1. The van der Waals surface area contributed by atoms with Crippen molar-refractivity contribution >= 4 is 23.4 Å². The highest BCUT2D eigenvalue weighted by atomic mass is 32.2. The second-order valence-electron chi connectivity index (χ2n) is 6.47. The van der Waals surface area contributed by atoms with Crippen LogP contribution in [0.15, 0.2) is 47.4 Å². The van der Waals surface area contributed by atoms with E-state index in [4.69, 9.17) is 4.74 Å². The number of amides is 1. The second kappa shape index (κ2) is 7.68. The number of carbonyl (C=O) groups is 1. The van der Waals surface area contributed by atoms with Crippen LogP contribution in [0, 0.1) is 5.82 Å². The summed E-state index contributed by atoms with van der Waals surface area (Å²) in [4.78, 5) is 15.6. The molecule has 2 aromatic carbocycles. The zero-order valence-electron chi connectivity index (χ0n) is 14.4. The van der Waals surface area contributed by atoms with E-state index < -0.39 is 0 Å². The maximum atomic E-state index is 14.0. The van der Waals surface area contributed by atoms with Gasteiger partial charge in [-0.05, 0) is 42.3 Å². The molecule has 2 aliphatic rings. The SMILES string of the molecule is O=C(NC1CCSc2c(F)cccc21)c1ccc(N2CCOCC2)cc1. The molecule has 0 bridgehead atoms. The zero-order valence-corrected chi connectivity index (χ0v) is 15.2. The van der Waals surface area contributed by atoms with E-state index in [2.05, 4.69) is 10.2 Å². The van der Waals surface area contributed by atoms with Gasteiger partial charge in [0.2, 0.25) is 0 Å². The maximum absolute atomic E-state index is 14.0. The fourth-order valence-corrected chi connectivity index (χ4v) is 4.56. The van der Waals surface area contributed by atoms with Crippen LogP contribution in [0.2, 0.25) is 0 Å². The third-order valence-electron chi connectivity index (χ3n) is 4.84. The molecule has 26 heavy (non-hydrogen) atoms. The minimum Gasteiger partial charge on any atom is -0.378 e. The predicted molar refractivity (Wildman–Crippen MR) is 101 cm³/mol. The molecule has 1 saturated heterocycles. The Labute approximate surface area is 156 Å². The molecule has 2 heterocycles. The molecule has 1 unspecified atom stereocenters. The molecule has 0 saturated carbocycles. The molecule has 136 valence electrons. The normalized spacial score (nSPS) is 19.7. The van der Waals surface area contributed by atoms with Crippen molar-refractivity contribution in [2.24, 2.45) is 0 Å². The monoisotopic (exact) mass is 372 g/mol. The number of ether oxygens (including phenoxy) is 1. The number of hydrogen-bond donors (Lipinski definition) is 1. The van der Waals surface area contributed by atoms with Crippen LogP contribution in [0.3, 0.4) is 0 Å². The van der Waals surface area contributed by atoms with E-state index in [-0.39, 0.29) is 17.8 Å². The van der Waals surface area contributed by atoms with Crippen molar-refractivity contribution in [3.8, 4) is 0 Å². The van der Waals surface area contributed by atoms with Crippen LogP contribution in [0.5, 0.6) is 0 Å². The average molecular weight is 372 g/mol. The van der Waals surface area contributed by atoms with Crippen molar-refractivity contribution in [1.82, 2.24) is 5.32 Å². The Kier molecular flexibility index (Phi) is 5.13. The van der Waals surface area contributed by atoms with Gasteiger partial charge in [-0.1, -0.05) is 12.1 Å². The highest BCUT2D eigenvalue weighted by molar-refractivity contribution is 7.99. The fourth-order valence-electron chi connectivity index (χ4n) is 3.42. The number of benzene rings is 2. The summed E-state index contributed by atoms with van der Waals surface area (Å²) in [5.74, 6) is 0.474. The van der Waals surface area contributed by atoms with Crippen LogP contribution >= 0.6 is 11.8 Å². The molecule has 2 aromatic rings. The molecule has 2 aliphatic heterocycles. The Morgan fingerprint density at radius 3 is 2.69 bits per heavy atom. The number of nitrogens with zero attached hydrogens (tertiary/aromatic N) is 1. The van der Waals surface area contributed by atoms with Crippen molar-refractivity contribution in [3.05, 3.63) is 59.4 Å². The van der Waals surface area contributed by atoms with Crippen LogP contribution < -0.4 is 10.2 Å². The summed E-state index contributed by atoms with van der Waals surface area (Å²) in [6.45, 7) is 3.21. The molecule has 0 aliphatic carbocycles. The lowest BCUT2D eigenvalue weighted by Crippen LogP contribution is -2.36. The topological polar surface area (TPSA) is 41.6 Å². The van der Waals surface area contributed by atoms with Gasteiger partial charge in [0.15, 0.2) is 0 Å². The molecular weight excluding hydrogens is 351 g/mol. The molecule has 0 aromatic heterocycles. The average Bonchev–Trinajstić information content (AvgIpc) is 2.69. The standard InChI is InChI=1S/C20H21FN2O2S/c21-17-3-1-2-16-18(8-13-26-19(16)17)22-20(24)14-4-6-15(7-5-14)23-9-11-25-12-10-23/h1-7,18H,8-13H2,(H,22,24). The van der Waals surface area contributed by atoms with Gasteiger partial charge >= 0.3 is 0 Å². The van der Waals surface area contributed by atoms with Crippen LogP contribution in [0.4, 0.5) is 10.1 Å². The number of rotatable bonds is 3. The van der Waals surface area contributed by atoms with Crippen molar-refractivity contribution in [1.29, 1.82) is 0 Å². The first-order valence-corrected chi connectivity index (χ1v) is 9.86. The molecule has 1 fully saturated rings. The highest BCUT2D eigenvalue weighted by Crippen LogP contribution is 2.37. The minimum absolute atomic E-state index is 0.120. The predicted octanol–water partition coefficient (Wildman–Crippen LogP) is 3.63. The summed E-state index contributed by atoms with van der Waals surface area (Å²) in [6, 6.07) is 12.6. The van der Waals surface area contributed by atoms with E-state index in [9.17, 15) is 9.18 Å². The zero-order chi connectivity index (χ0) is 17.9. The van der Waals surface area contributed by atoms with Gasteiger partial charge in [0.1, 0.15) is 5.82 Å². The van der Waals surface area contributed by atoms with Crippen molar-refractivity contribution in [2.75, 3.05) is 37.0 Å². The molecule has 1 N–H and O–H groups in total. The molecule has 1 atom stereocenters. The van der Waals surface area contributed by atoms with E-state index in [1.165, 1.54) is 17.8 Å². The van der Waals surface area contributed by atoms with Crippen LogP contribution in [0.1, 0.15) is 28.4 Å². The van der Waals surface area contributed by atoms with E-state index in [0.717, 1.165) is 49.7 Å². The van der Waals surface area contributed by atoms with Gasteiger partial charge < -0.3 is 15.0 Å². The minimum atomic E-state index is -0.207. The molecule has 0 radical (unpaired) electrons. The van der Waals surface area contributed by atoms with Gasteiger partial charge in [-0.3, -0.25) is 4.79 Å². The van der Waals surface area contributed by atoms with Gasteiger partial charge in [-0.15, -0.1) is 11.8 Å². The quantitative estimate of drug-likeness (QED) is 0.893. The number of anilines is 1. The Morgan fingerprint density at radius 2 is 1.92 bits per heavy atom. The van der Waals surface area contributed by atoms with Gasteiger partial charge in [-0.25, -0.2) is 4.39 Å². The van der Waals surface area contributed by atoms with Gasteiger partial charge in [0, 0.05) is 35.0 Å². The lowest BCUT2D eigenvalue weighted by Gasteiger charge is -2.29. The largest absolute Gasteiger partial charge is 0.378 e. The number of hydrogen-bond acceptors (Lipinski definition) is 4. The maximum Gasteiger partial charge on any atom is 0.251 e. The summed E-state index contributed by atoms with van der Waals surface area (Å²) in [5, 5.41) is 3.07. The van der Waals surface area contributed by atoms with E-state index in [1.54, 1.807) is 6.07 Å². The number of halogens is 1. The Bertz CT molecular complexity index is 791. The number of morpholine rings is 1. The molecule has 4 rings (SSSR count). The van der Waals surface area contributed by atoms with E-state index in [1.807, 2.05) is 30.3 Å².